The quantitative estimate of drug-likeness (QED) is 0.884. The minimum atomic E-state index is -4.43. The second-order valence-corrected chi connectivity index (χ2v) is 4.52. The fourth-order valence-electron chi connectivity index (χ4n) is 1.49. The van der Waals surface area contributed by atoms with E-state index in [9.17, 15) is 18.0 Å². The molecule has 0 aliphatic rings. The third-order valence-corrected chi connectivity index (χ3v) is 3.03. The number of carbonyl (C=O) groups is 1. The van der Waals surface area contributed by atoms with E-state index in [1.807, 2.05) is 0 Å². The average molecular weight is 335 g/mol. The molecule has 0 spiro atoms. The number of hydrogen-bond donors (Lipinski definition) is 1. The van der Waals surface area contributed by atoms with Gasteiger partial charge in [-0.25, -0.2) is 4.79 Å². The summed E-state index contributed by atoms with van der Waals surface area (Å²) in [6.45, 7) is 0. The van der Waals surface area contributed by atoms with Gasteiger partial charge >= 0.3 is 12.1 Å². The van der Waals surface area contributed by atoms with Crippen molar-refractivity contribution in [1.29, 1.82) is 0 Å². The van der Waals surface area contributed by atoms with Crippen molar-refractivity contribution in [2.45, 2.75) is 6.18 Å². The first-order valence-corrected chi connectivity index (χ1v) is 5.78. The Hall–Kier alpha value is -1.76. The first kappa shape index (κ1) is 13.7. The number of carboxylic acids is 1. The molecule has 0 saturated heterocycles. The zero-order valence-electron chi connectivity index (χ0n) is 9.16. The third kappa shape index (κ3) is 2.81. The van der Waals surface area contributed by atoms with Gasteiger partial charge in [0.05, 0.1) is 5.56 Å². The lowest BCUT2D eigenvalue weighted by molar-refractivity contribution is -0.137. The van der Waals surface area contributed by atoms with Gasteiger partial charge in [-0.1, -0.05) is 15.9 Å². The van der Waals surface area contributed by atoms with Gasteiger partial charge in [0, 0.05) is 10.0 Å². The Morgan fingerprint density at radius 2 is 1.89 bits per heavy atom. The lowest BCUT2D eigenvalue weighted by atomic mass is 10.1. The number of benzene rings is 1. The molecule has 0 atom stereocenters. The van der Waals surface area contributed by atoms with E-state index >= 15 is 0 Å². The molecule has 1 N–H and O–H groups in total. The van der Waals surface area contributed by atoms with Gasteiger partial charge < -0.3 is 9.52 Å². The van der Waals surface area contributed by atoms with Crippen molar-refractivity contribution in [3.63, 3.8) is 0 Å². The van der Waals surface area contributed by atoms with E-state index in [1.165, 1.54) is 18.2 Å². The number of alkyl halides is 3. The van der Waals surface area contributed by atoms with Gasteiger partial charge in [0.1, 0.15) is 5.76 Å². The van der Waals surface area contributed by atoms with E-state index in [4.69, 9.17) is 9.52 Å². The monoisotopic (exact) mass is 334 g/mol. The highest BCUT2D eigenvalue weighted by Crippen LogP contribution is 2.36. The molecular formula is C12H6BrF3O3. The van der Waals surface area contributed by atoms with Gasteiger partial charge in [0.2, 0.25) is 5.76 Å². The molecule has 0 radical (unpaired) electrons. The highest BCUT2D eigenvalue weighted by Gasteiger charge is 2.31. The third-order valence-electron chi connectivity index (χ3n) is 2.38. The van der Waals surface area contributed by atoms with Crippen molar-refractivity contribution in [2.24, 2.45) is 0 Å². The summed E-state index contributed by atoms with van der Waals surface area (Å²) in [6, 6.07) is 5.66. The fraction of sp³-hybridized carbons (Fsp3) is 0.0833. The molecule has 0 aliphatic carbocycles. The molecule has 1 aromatic carbocycles. The standard InChI is InChI=1S/C12H6BrF3O3/c13-8-5-6(12(14,15)16)1-2-7(8)9-3-4-10(19-9)11(17)18/h1-5H,(H,17,18). The summed E-state index contributed by atoms with van der Waals surface area (Å²) in [5, 5.41) is 8.71. The van der Waals surface area contributed by atoms with Gasteiger partial charge in [-0.2, -0.15) is 13.2 Å². The Kier molecular flexibility index (Phi) is 3.40. The topological polar surface area (TPSA) is 50.4 Å². The van der Waals surface area contributed by atoms with Crippen molar-refractivity contribution in [3.8, 4) is 11.3 Å². The Morgan fingerprint density at radius 1 is 1.21 bits per heavy atom. The van der Waals surface area contributed by atoms with E-state index in [0.717, 1.165) is 12.1 Å². The molecule has 0 fully saturated rings. The molecule has 7 heteroatoms. The summed E-state index contributed by atoms with van der Waals surface area (Å²) in [7, 11) is 0. The SMILES string of the molecule is O=C(O)c1ccc(-c2ccc(C(F)(F)F)cc2Br)o1. The Morgan fingerprint density at radius 3 is 2.37 bits per heavy atom. The molecule has 0 saturated carbocycles. The van der Waals surface area contributed by atoms with Crippen molar-refractivity contribution in [3.05, 3.63) is 46.1 Å². The van der Waals surface area contributed by atoms with Gasteiger partial charge in [0.25, 0.3) is 0 Å². The molecule has 0 aliphatic heterocycles. The highest BCUT2D eigenvalue weighted by molar-refractivity contribution is 9.10. The van der Waals surface area contributed by atoms with Gasteiger partial charge in [-0.15, -0.1) is 0 Å². The number of carboxylic acid groups (broad SMARTS) is 1. The predicted octanol–water partition coefficient (Wildman–Crippen LogP) is 4.43. The Labute approximate surface area is 113 Å². The minimum absolute atomic E-state index is 0.175. The Balaban J connectivity index is 2.43. The molecule has 2 aromatic rings. The molecule has 1 heterocycles. The number of aromatic carboxylic acids is 1. The maximum absolute atomic E-state index is 12.5. The van der Waals surface area contributed by atoms with Crippen molar-refractivity contribution in [2.75, 3.05) is 0 Å². The highest BCUT2D eigenvalue weighted by atomic mass is 79.9. The van der Waals surface area contributed by atoms with Crippen LogP contribution < -0.4 is 0 Å². The van der Waals surface area contributed by atoms with E-state index in [1.54, 1.807) is 0 Å². The molecule has 0 bridgehead atoms. The van der Waals surface area contributed by atoms with Crippen LogP contribution in [0.5, 0.6) is 0 Å². The lowest BCUT2D eigenvalue weighted by Crippen LogP contribution is -2.04. The van der Waals surface area contributed by atoms with Gasteiger partial charge in [0.15, 0.2) is 0 Å². The first-order valence-electron chi connectivity index (χ1n) is 4.99. The smallest absolute Gasteiger partial charge is 0.416 e. The maximum Gasteiger partial charge on any atom is 0.416 e. The van der Waals surface area contributed by atoms with Crippen molar-refractivity contribution in [1.82, 2.24) is 0 Å². The van der Waals surface area contributed by atoms with Crippen LogP contribution in [-0.4, -0.2) is 11.1 Å². The number of hydrogen-bond acceptors (Lipinski definition) is 2. The molecular weight excluding hydrogens is 329 g/mol. The maximum atomic E-state index is 12.5. The van der Waals surface area contributed by atoms with Crippen LogP contribution in [0.2, 0.25) is 0 Å². The van der Waals surface area contributed by atoms with E-state index < -0.39 is 17.7 Å². The van der Waals surface area contributed by atoms with Crippen LogP contribution in [0, 0.1) is 0 Å². The van der Waals surface area contributed by atoms with Gasteiger partial charge in [-0.05, 0) is 30.3 Å². The summed E-state index contributed by atoms with van der Waals surface area (Å²) in [5.41, 5.74) is -0.450. The molecule has 3 nitrogen and oxygen atoms in total. The second-order valence-electron chi connectivity index (χ2n) is 3.66. The Bertz CT molecular complexity index is 631. The first-order chi connectivity index (χ1) is 8.79. The van der Waals surface area contributed by atoms with Crippen molar-refractivity contribution >= 4 is 21.9 Å². The second kappa shape index (κ2) is 4.73. The van der Waals surface area contributed by atoms with E-state index in [-0.39, 0.29) is 16.0 Å². The zero-order valence-corrected chi connectivity index (χ0v) is 10.7. The number of rotatable bonds is 2. The summed E-state index contributed by atoms with van der Waals surface area (Å²) >= 11 is 3.02. The normalized spacial score (nSPS) is 11.6. The average Bonchev–Trinajstić information content (AvgIpc) is 2.76. The molecule has 0 unspecified atom stereocenters. The van der Waals surface area contributed by atoms with E-state index in [0.29, 0.717) is 5.56 Å². The molecule has 0 amide bonds. The molecule has 1 aromatic heterocycles. The van der Waals surface area contributed by atoms with Gasteiger partial charge in [-0.3, -0.25) is 0 Å². The van der Waals surface area contributed by atoms with Crippen LogP contribution in [0.4, 0.5) is 13.2 Å². The van der Waals surface area contributed by atoms with Crippen LogP contribution in [0.25, 0.3) is 11.3 Å². The van der Waals surface area contributed by atoms with Crippen molar-refractivity contribution < 1.29 is 27.5 Å². The lowest BCUT2D eigenvalue weighted by Gasteiger charge is -2.08. The largest absolute Gasteiger partial charge is 0.475 e. The molecule has 19 heavy (non-hydrogen) atoms. The van der Waals surface area contributed by atoms with Crippen LogP contribution in [0.15, 0.2) is 39.2 Å². The summed E-state index contributed by atoms with van der Waals surface area (Å²) in [5.74, 6) is -1.34. The number of halogens is 4. The summed E-state index contributed by atoms with van der Waals surface area (Å²) < 4.78 is 42.7. The molecule has 100 valence electrons. The predicted molar refractivity (Wildman–Crippen MR) is 63.8 cm³/mol. The zero-order chi connectivity index (χ0) is 14.2. The van der Waals surface area contributed by atoms with Crippen LogP contribution in [0.3, 0.4) is 0 Å². The summed E-state index contributed by atoms with van der Waals surface area (Å²) in [4.78, 5) is 10.7. The van der Waals surface area contributed by atoms with Crippen LogP contribution in [-0.2, 0) is 6.18 Å². The fourth-order valence-corrected chi connectivity index (χ4v) is 2.06. The molecule has 2 rings (SSSR count). The van der Waals surface area contributed by atoms with E-state index in [2.05, 4.69) is 15.9 Å². The summed E-state index contributed by atoms with van der Waals surface area (Å²) in [6.07, 6.45) is -4.43. The number of furan rings is 1. The van der Waals surface area contributed by atoms with Crippen LogP contribution in [0.1, 0.15) is 16.1 Å². The minimum Gasteiger partial charge on any atom is -0.475 e. The van der Waals surface area contributed by atoms with Crippen LogP contribution >= 0.6 is 15.9 Å².